The molecule has 13 nitrogen and oxygen atoms in total. The Bertz CT molecular complexity index is 1190. The first-order chi connectivity index (χ1) is 17.5. The van der Waals surface area contributed by atoms with E-state index in [4.69, 9.17) is 40.4 Å². The molecule has 7 N–H and O–H groups in total. The molecule has 206 valence electrons. The van der Waals surface area contributed by atoms with Crippen molar-refractivity contribution in [3.8, 4) is 5.75 Å². The van der Waals surface area contributed by atoms with Crippen LogP contribution in [0.15, 0.2) is 40.8 Å². The highest BCUT2D eigenvalue weighted by Gasteiger charge is 2.38. The summed E-state index contributed by atoms with van der Waals surface area (Å²) in [6, 6.07) is 7.29. The Morgan fingerprint density at radius 3 is 2.05 bits per heavy atom. The van der Waals surface area contributed by atoms with Crippen molar-refractivity contribution < 1.29 is 61.6 Å². The van der Waals surface area contributed by atoms with Gasteiger partial charge in [-0.2, -0.15) is 13.2 Å². The first-order valence-electron chi connectivity index (χ1n) is 10.3. The van der Waals surface area contributed by atoms with E-state index in [1.165, 1.54) is 43.3 Å². The van der Waals surface area contributed by atoms with Crippen LogP contribution in [0.4, 0.5) is 13.2 Å². The Morgan fingerprint density at radius 1 is 1.05 bits per heavy atom. The van der Waals surface area contributed by atoms with Gasteiger partial charge in [-0.3, -0.25) is 15.0 Å². The largest absolute Gasteiger partial charge is 0.490 e. The Kier molecular flexibility index (Phi) is 11.0. The summed E-state index contributed by atoms with van der Waals surface area (Å²) in [5.74, 6) is -7.47. The number of rotatable bonds is 10. The number of aliphatic carboxylic acids is 3. The number of amidine groups is 1. The van der Waals surface area contributed by atoms with Crippen molar-refractivity contribution in [2.24, 2.45) is 11.7 Å². The van der Waals surface area contributed by atoms with Crippen LogP contribution in [0.5, 0.6) is 5.75 Å². The lowest BCUT2D eigenvalue weighted by Crippen LogP contribution is -2.44. The molecule has 0 bridgehead atoms. The van der Waals surface area contributed by atoms with E-state index in [9.17, 15) is 32.3 Å². The van der Waals surface area contributed by atoms with E-state index in [0.29, 0.717) is 5.56 Å². The fourth-order valence-corrected chi connectivity index (χ4v) is 2.54. The molecule has 2 atom stereocenters. The number of nitrogens with one attached hydrogen (secondary N) is 2. The smallest absolute Gasteiger partial charge is 0.481 e. The molecule has 2 rings (SSSR count). The van der Waals surface area contributed by atoms with Crippen LogP contribution in [0, 0.1) is 11.3 Å². The van der Waals surface area contributed by atoms with E-state index >= 15 is 0 Å². The Hall–Kier alpha value is -4.89. The first-order valence-corrected chi connectivity index (χ1v) is 10.3. The van der Waals surface area contributed by atoms with E-state index < -0.39 is 54.3 Å². The number of furan rings is 1. The molecule has 1 unspecified atom stereocenters. The van der Waals surface area contributed by atoms with E-state index in [1.807, 2.05) is 0 Å². The van der Waals surface area contributed by atoms with Crippen LogP contribution >= 0.6 is 0 Å². The molecule has 0 aliphatic rings. The molecule has 0 saturated heterocycles. The minimum absolute atomic E-state index is 0.0475. The zero-order valence-electron chi connectivity index (χ0n) is 19.4. The van der Waals surface area contributed by atoms with Gasteiger partial charge in [-0.25, -0.2) is 14.4 Å². The van der Waals surface area contributed by atoms with Gasteiger partial charge in [0.2, 0.25) is 11.7 Å². The molecule has 0 spiro atoms. The fourth-order valence-electron chi connectivity index (χ4n) is 2.54. The van der Waals surface area contributed by atoms with Crippen molar-refractivity contribution in [2.75, 3.05) is 0 Å². The highest BCUT2D eigenvalue weighted by Crippen LogP contribution is 2.18. The molecule has 0 aliphatic heterocycles. The Labute approximate surface area is 211 Å². The van der Waals surface area contributed by atoms with E-state index in [-0.39, 0.29) is 29.5 Å². The molecule has 0 saturated carbocycles. The summed E-state index contributed by atoms with van der Waals surface area (Å²) in [6.07, 6.45) is -5.79. The van der Waals surface area contributed by atoms with Crippen molar-refractivity contribution in [3.63, 3.8) is 0 Å². The number of nitrogens with two attached hydrogens (primary N) is 1. The number of carbonyl (C=O) groups excluding carboxylic acids is 2. The van der Waals surface area contributed by atoms with Gasteiger partial charge in [0, 0.05) is 17.9 Å². The van der Waals surface area contributed by atoms with Gasteiger partial charge in [0.15, 0.2) is 0 Å². The summed E-state index contributed by atoms with van der Waals surface area (Å²) < 4.78 is 42.3. The monoisotopic (exact) mass is 545 g/mol. The number of ether oxygens (including phenoxy) is 1. The van der Waals surface area contributed by atoms with Crippen molar-refractivity contribution in [1.82, 2.24) is 5.32 Å². The van der Waals surface area contributed by atoms with Crippen molar-refractivity contribution >= 4 is 35.6 Å². The van der Waals surface area contributed by atoms with Crippen LogP contribution in [-0.4, -0.2) is 63.2 Å². The Balaban J connectivity index is 0.000000905. The molecule has 2 aromatic rings. The summed E-state index contributed by atoms with van der Waals surface area (Å²) in [6.45, 7) is 1.51. The number of hydrogen-bond acceptors (Lipinski definition) is 8. The number of halogens is 3. The lowest BCUT2D eigenvalue weighted by atomic mass is 10.0. The molecule has 1 aromatic heterocycles. The van der Waals surface area contributed by atoms with Crippen LogP contribution in [0.1, 0.15) is 35.2 Å². The number of alkyl halides is 3. The quantitative estimate of drug-likeness (QED) is 0.109. The second-order valence-corrected chi connectivity index (χ2v) is 7.50. The number of benzene rings is 1. The maximum absolute atomic E-state index is 12.2. The zero-order valence-corrected chi connectivity index (χ0v) is 19.4. The van der Waals surface area contributed by atoms with Gasteiger partial charge in [-0.1, -0.05) is 6.92 Å². The summed E-state index contributed by atoms with van der Waals surface area (Å²) in [5, 5.41) is 34.4. The maximum atomic E-state index is 12.2. The predicted molar refractivity (Wildman–Crippen MR) is 120 cm³/mol. The topological polar surface area (TPSA) is 230 Å². The standard InChI is InChI=1S/C20H21N3O8.C2HF3O2/c1-10(18(26)23-14(19(27)28)9-16(24)25)8-13-6-7-15(30-13)20(29)31-12-4-2-11(3-5-12)17(21)22;3-2(4,5)1(6)7/h2-7,10,14H,8-9H2,1H3,(H3,21,22)(H,23,26)(H,24,25)(H,27,28);(H,6,7)/t10?,14-;/m0./s1. The highest BCUT2D eigenvalue weighted by molar-refractivity contribution is 5.95. The number of hydrogen-bond donors (Lipinski definition) is 6. The predicted octanol–water partition coefficient (Wildman–Crippen LogP) is 1.64. The molecule has 0 aliphatic carbocycles. The summed E-state index contributed by atoms with van der Waals surface area (Å²) in [4.78, 5) is 55.1. The van der Waals surface area contributed by atoms with Gasteiger partial charge in [0.25, 0.3) is 0 Å². The van der Waals surface area contributed by atoms with Gasteiger partial charge in [0.1, 0.15) is 23.4 Å². The Morgan fingerprint density at radius 2 is 1.61 bits per heavy atom. The molecule has 38 heavy (non-hydrogen) atoms. The molecule has 0 radical (unpaired) electrons. The SMILES string of the molecule is CC(Cc1ccc(C(=O)Oc2ccc(C(=N)N)cc2)o1)C(=O)N[C@@H](CC(=O)O)C(=O)O.O=C(O)C(F)(F)F. The first kappa shape index (κ1) is 31.1. The van der Waals surface area contributed by atoms with Crippen molar-refractivity contribution in [3.05, 3.63) is 53.5 Å². The lowest BCUT2D eigenvalue weighted by molar-refractivity contribution is -0.192. The highest BCUT2D eigenvalue weighted by atomic mass is 19.4. The van der Waals surface area contributed by atoms with Gasteiger partial charge >= 0.3 is 30.1 Å². The lowest BCUT2D eigenvalue weighted by Gasteiger charge is -2.15. The third-order valence-corrected chi connectivity index (χ3v) is 4.43. The number of nitrogen functional groups attached to an aromatic ring is 1. The summed E-state index contributed by atoms with van der Waals surface area (Å²) in [5.41, 5.74) is 5.83. The average molecular weight is 545 g/mol. The van der Waals surface area contributed by atoms with Crippen LogP contribution in [0.25, 0.3) is 0 Å². The molecule has 1 heterocycles. The fraction of sp³-hybridized carbons (Fsp3) is 0.273. The van der Waals surface area contributed by atoms with E-state index in [2.05, 4.69) is 5.32 Å². The van der Waals surface area contributed by atoms with Crippen molar-refractivity contribution in [1.29, 1.82) is 5.41 Å². The molecule has 1 amide bonds. The molecular weight excluding hydrogens is 523 g/mol. The third kappa shape index (κ3) is 10.4. The number of esters is 1. The van der Waals surface area contributed by atoms with Gasteiger partial charge in [-0.05, 0) is 36.4 Å². The molecule has 16 heteroatoms. The third-order valence-electron chi connectivity index (χ3n) is 4.43. The maximum Gasteiger partial charge on any atom is 0.490 e. The zero-order chi connectivity index (χ0) is 29.2. The van der Waals surface area contributed by atoms with Crippen LogP contribution in [0.3, 0.4) is 0 Å². The number of carbonyl (C=O) groups is 5. The minimum Gasteiger partial charge on any atom is -0.481 e. The van der Waals surface area contributed by atoms with Gasteiger partial charge in [0.05, 0.1) is 6.42 Å². The van der Waals surface area contributed by atoms with Crippen LogP contribution in [0.2, 0.25) is 0 Å². The molecule has 0 fully saturated rings. The summed E-state index contributed by atoms with van der Waals surface area (Å²) in [7, 11) is 0. The normalized spacial score (nSPS) is 12.2. The van der Waals surface area contributed by atoms with Gasteiger partial charge in [-0.15, -0.1) is 0 Å². The second kappa shape index (κ2) is 13.4. The van der Waals surface area contributed by atoms with E-state index in [0.717, 1.165) is 0 Å². The van der Waals surface area contributed by atoms with Crippen LogP contribution in [-0.2, 0) is 25.6 Å². The molecular formula is C22H22F3N3O10. The molecule has 1 aromatic carbocycles. The van der Waals surface area contributed by atoms with E-state index in [1.54, 1.807) is 0 Å². The average Bonchev–Trinajstić information content (AvgIpc) is 3.27. The van der Waals surface area contributed by atoms with Gasteiger partial charge < -0.3 is 35.5 Å². The van der Waals surface area contributed by atoms with Crippen LogP contribution < -0.4 is 15.8 Å². The summed E-state index contributed by atoms with van der Waals surface area (Å²) >= 11 is 0. The van der Waals surface area contributed by atoms with Crippen molar-refractivity contribution in [2.45, 2.75) is 32.0 Å². The number of carboxylic acids is 3. The number of carboxylic acid groups (broad SMARTS) is 3. The minimum atomic E-state index is -5.08. The number of amides is 1. The second-order valence-electron chi connectivity index (χ2n) is 7.50.